The predicted molar refractivity (Wildman–Crippen MR) is 59.4 cm³/mol. The molecule has 0 amide bonds. The van der Waals surface area contributed by atoms with Crippen LogP contribution >= 0.6 is 11.6 Å². The van der Waals surface area contributed by atoms with Crippen molar-refractivity contribution in [3.63, 3.8) is 0 Å². The largest absolute Gasteiger partial charge is 0.437 e. The molecule has 2 aromatic rings. The molecule has 0 atom stereocenters. The Labute approximate surface area is 102 Å². The molecule has 2 rings (SSSR count). The molecule has 1 aromatic carbocycles. The van der Waals surface area contributed by atoms with E-state index >= 15 is 0 Å². The molecule has 0 saturated heterocycles. The lowest BCUT2D eigenvalue weighted by Gasteiger charge is -2.04. The van der Waals surface area contributed by atoms with Gasteiger partial charge in [0.2, 0.25) is 5.88 Å². The van der Waals surface area contributed by atoms with Gasteiger partial charge in [0.1, 0.15) is 11.6 Å². The van der Waals surface area contributed by atoms with Gasteiger partial charge in [0.15, 0.2) is 0 Å². The van der Waals surface area contributed by atoms with Gasteiger partial charge in [-0.05, 0) is 18.2 Å². The van der Waals surface area contributed by atoms with Crippen LogP contribution in [0.25, 0.3) is 0 Å². The number of benzene rings is 1. The van der Waals surface area contributed by atoms with Crippen LogP contribution < -0.4 is 4.74 Å². The van der Waals surface area contributed by atoms with E-state index in [1.807, 2.05) is 0 Å². The molecular formula is C11H8ClFN2O2. The minimum absolute atomic E-state index is 0.0269. The van der Waals surface area contributed by atoms with Gasteiger partial charge in [0.25, 0.3) is 0 Å². The Morgan fingerprint density at radius 1 is 1.24 bits per heavy atom. The fraction of sp³-hybridized carbons (Fsp3) is 0.0909. The summed E-state index contributed by atoms with van der Waals surface area (Å²) in [6.45, 7) is -0.192. The summed E-state index contributed by atoms with van der Waals surface area (Å²) in [4.78, 5) is 0. The van der Waals surface area contributed by atoms with Gasteiger partial charge in [0, 0.05) is 12.1 Å². The molecule has 4 nitrogen and oxygen atoms in total. The number of hydrogen-bond donors (Lipinski definition) is 1. The van der Waals surface area contributed by atoms with Gasteiger partial charge >= 0.3 is 0 Å². The first-order chi connectivity index (χ1) is 8.19. The third kappa shape index (κ3) is 2.89. The first-order valence-electron chi connectivity index (χ1n) is 4.75. The van der Waals surface area contributed by atoms with Crippen LogP contribution in [0.1, 0.15) is 5.69 Å². The average Bonchev–Trinajstić information content (AvgIpc) is 2.35. The SMILES string of the molecule is OCc1ccc(Oc2ccc(Cl)c(F)c2)nn1. The van der Waals surface area contributed by atoms with Crippen molar-refractivity contribution in [1.82, 2.24) is 10.2 Å². The monoisotopic (exact) mass is 254 g/mol. The summed E-state index contributed by atoms with van der Waals surface area (Å²) in [5.41, 5.74) is 0.430. The summed E-state index contributed by atoms with van der Waals surface area (Å²) in [5, 5.41) is 16.2. The summed E-state index contributed by atoms with van der Waals surface area (Å²) in [6, 6.07) is 7.17. The van der Waals surface area contributed by atoms with Gasteiger partial charge in [0.05, 0.1) is 17.3 Å². The maximum Gasteiger partial charge on any atom is 0.238 e. The van der Waals surface area contributed by atoms with Gasteiger partial charge in [-0.15, -0.1) is 10.2 Å². The smallest absolute Gasteiger partial charge is 0.238 e. The molecule has 0 unspecified atom stereocenters. The van der Waals surface area contributed by atoms with E-state index in [4.69, 9.17) is 21.4 Å². The maximum atomic E-state index is 13.1. The highest BCUT2D eigenvalue weighted by molar-refractivity contribution is 6.30. The van der Waals surface area contributed by atoms with E-state index in [0.29, 0.717) is 5.69 Å². The topological polar surface area (TPSA) is 55.2 Å². The molecule has 0 spiro atoms. The Balaban J connectivity index is 2.16. The van der Waals surface area contributed by atoms with E-state index < -0.39 is 5.82 Å². The zero-order chi connectivity index (χ0) is 12.3. The van der Waals surface area contributed by atoms with E-state index in [-0.39, 0.29) is 23.3 Å². The van der Waals surface area contributed by atoms with Crippen molar-refractivity contribution in [3.8, 4) is 11.6 Å². The van der Waals surface area contributed by atoms with Crippen LogP contribution in [0, 0.1) is 5.82 Å². The van der Waals surface area contributed by atoms with E-state index in [9.17, 15) is 4.39 Å². The van der Waals surface area contributed by atoms with Crippen molar-refractivity contribution < 1.29 is 14.2 Å². The molecule has 6 heteroatoms. The number of aliphatic hydroxyl groups excluding tert-OH is 1. The Kier molecular flexibility index (Phi) is 3.51. The summed E-state index contributed by atoms with van der Waals surface area (Å²) >= 11 is 5.54. The van der Waals surface area contributed by atoms with Crippen LogP contribution in [0.5, 0.6) is 11.6 Å². The van der Waals surface area contributed by atoms with E-state index in [2.05, 4.69) is 10.2 Å². The van der Waals surface area contributed by atoms with Crippen LogP contribution in [0.15, 0.2) is 30.3 Å². The molecular weight excluding hydrogens is 247 g/mol. The molecule has 0 radical (unpaired) electrons. The highest BCUT2D eigenvalue weighted by Crippen LogP contribution is 2.23. The second-order valence-electron chi connectivity index (χ2n) is 3.20. The predicted octanol–water partition coefficient (Wildman–Crippen LogP) is 2.55. The molecule has 0 aliphatic rings. The van der Waals surface area contributed by atoms with Crippen molar-refractivity contribution in [2.45, 2.75) is 6.61 Å². The Hall–Kier alpha value is -1.72. The first-order valence-corrected chi connectivity index (χ1v) is 5.13. The molecule has 1 heterocycles. The fourth-order valence-electron chi connectivity index (χ4n) is 1.15. The number of hydrogen-bond acceptors (Lipinski definition) is 4. The summed E-state index contributed by atoms with van der Waals surface area (Å²) < 4.78 is 18.4. The van der Waals surface area contributed by atoms with Crippen LogP contribution in [-0.4, -0.2) is 15.3 Å². The molecule has 0 fully saturated rings. The molecule has 1 aromatic heterocycles. The normalized spacial score (nSPS) is 10.3. The third-order valence-corrected chi connectivity index (χ3v) is 2.28. The first kappa shape index (κ1) is 11.8. The van der Waals surface area contributed by atoms with E-state index in [1.54, 1.807) is 6.07 Å². The number of aliphatic hydroxyl groups is 1. The minimum Gasteiger partial charge on any atom is -0.437 e. The molecule has 88 valence electrons. The number of rotatable bonds is 3. The van der Waals surface area contributed by atoms with Crippen LogP contribution in [0.4, 0.5) is 4.39 Å². The lowest BCUT2D eigenvalue weighted by Crippen LogP contribution is -1.95. The summed E-state index contributed by atoms with van der Waals surface area (Å²) in [7, 11) is 0. The Bertz CT molecular complexity index is 519. The number of ether oxygens (including phenoxy) is 1. The van der Waals surface area contributed by atoms with Crippen LogP contribution in [0.3, 0.4) is 0 Å². The van der Waals surface area contributed by atoms with E-state index in [1.165, 1.54) is 18.2 Å². The standard InChI is InChI=1S/C11H8ClFN2O2/c12-9-3-2-8(5-10(9)13)17-11-4-1-7(6-16)14-15-11/h1-5,16H,6H2. The van der Waals surface area contributed by atoms with Crippen molar-refractivity contribution in [3.05, 3.63) is 46.9 Å². The Morgan fingerprint density at radius 2 is 2.06 bits per heavy atom. The van der Waals surface area contributed by atoms with Crippen LogP contribution in [-0.2, 0) is 6.61 Å². The minimum atomic E-state index is -0.566. The van der Waals surface area contributed by atoms with Gasteiger partial charge in [-0.25, -0.2) is 4.39 Å². The van der Waals surface area contributed by atoms with Gasteiger partial charge in [-0.2, -0.15) is 0 Å². The Morgan fingerprint density at radius 3 is 2.65 bits per heavy atom. The van der Waals surface area contributed by atoms with Gasteiger partial charge in [-0.3, -0.25) is 0 Å². The summed E-state index contributed by atoms with van der Waals surface area (Å²) in [5.74, 6) is -0.0778. The second kappa shape index (κ2) is 5.07. The van der Waals surface area contributed by atoms with Crippen molar-refractivity contribution >= 4 is 11.6 Å². The molecule has 0 aliphatic heterocycles. The third-order valence-electron chi connectivity index (χ3n) is 1.97. The lowest BCUT2D eigenvalue weighted by molar-refractivity contribution is 0.274. The zero-order valence-electron chi connectivity index (χ0n) is 8.60. The highest BCUT2D eigenvalue weighted by atomic mass is 35.5. The quantitative estimate of drug-likeness (QED) is 0.915. The molecule has 1 N–H and O–H groups in total. The van der Waals surface area contributed by atoms with Gasteiger partial charge in [-0.1, -0.05) is 11.6 Å². The molecule has 17 heavy (non-hydrogen) atoms. The van der Waals surface area contributed by atoms with Crippen molar-refractivity contribution in [2.24, 2.45) is 0 Å². The van der Waals surface area contributed by atoms with Gasteiger partial charge < -0.3 is 9.84 Å². The van der Waals surface area contributed by atoms with E-state index in [0.717, 1.165) is 6.07 Å². The average molecular weight is 255 g/mol. The number of aromatic nitrogens is 2. The maximum absolute atomic E-state index is 13.1. The van der Waals surface area contributed by atoms with Crippen LogP contribution in [0.2, 0.25) is 5.02 Å². The fourth-order valence-corrected chi connectivity index (χ4v) is 1.27. The highest BCUT2D eigenvalue weighted by Gasteiger charge is 2.04. The zero-order valence-corrected chi connectivity index (χ0v) is 9.36. The van der Waals surface area contributed by atoms with Crippen molar-refractivity contribution in [2.75, 3.05) is 0 Å². The molecule has 0 aliphatic carbocycles. The molecule has 0 saturated carbocycles. The second-order valence-corrected chi connectivity index (χ2v) is 3.61. The lowest BCUT2D eigenvalue weighted by atomic mass is 10.3. The molecule has 0 bridgehead atoms. The number of nitrogens with zero attached hydrogens (tertiary/aromatic N) is 2. The number of halogens is 2. The van der Waals surface area contributed by atoms with Crippen molar-refractivity contribution in [1.29, 1.82) is 0 Å². The summed E-state index contributed by atoms with van der Waals surface area (Å²) in [6.07, 6.45) is 0.